The molecule has 3 atom stereocenters. The Kier molecular flexibility index (Phi) is 5.77. The zero-order chi connectivity index (χ0) is 26.4. The zero-order valence-electron chi connectivity index (χ0n) is 21.0. The number of aryl methyl sites for hydroxylation is 1. The molecule has 4 N–H and O–H groups in total. The van der Waals surface area contributed by atoms with Gasteiger partial charge in [0.25, 0.3) is 11.8 Å². The summed E-state index contributed by atoms with van der Waals surface area (Å²) in [6, 6.07) is 10.7. The number of amides is 2. The Labute approximate surface area is 219 Å². The van der Waals surface area contributed by atoms with Gasteiger partial charge in [-0.15, -0.1) is 0 Å². The van der Waals surface area contributed by atoms with Crippen molar-refractivity contribution in [2.24, 2.45) is 0 Å². The molecule has 3 aromatic heterocycles. The van der Waals surface area contributed by atoms with E-state index in [0.717, 1.165) is 24.1 Å². The number of imidazole rings is 1. The topological polar surface area (TPSA) is 131 Å². The molecular formula is C28H26N8O2. The lowest BCUT2D eigenvalue weighted by molar-refractivity contribution is -0.129. The first kappa shape index (κ1) is 23.6. The molecule has 6 rings (SSSR count). The van der Waals surface area contributed by atoms with Crippen molar-refractivity contribution in [2.75, 3.05) is 17.6 Å². The number of nitrogens with zero attached hydrogens (tertiary/aromatic N) is 5. The summed E-state index contributed by atoms with van der Waals surface area (Å²) in [4.78, 5) is 41.1. The first-order chi connectivity index (χ1) is 18.4. The molecule has 0 saturated carbocycles. The van der Waals surface area contributed by atoms with Crippen LogP contribution in [0.1, 0.15) is 41.1 Å². The summed E-state index contributed by atoms with van der Waals surface area (Å²) in [6.07, 6.45) is 5.94. The highest BCUT2D eigenvalue weighted by atomic mass is 16.2. The number of rotatable bonds is 4. The molecule has 4 aromatic rings. The van der Waals surface area contributed by atoms with Gasteiger partial charge >= 0.3 is 0 Å². The Morgan fingerprint density at radius 3 is 2.74 bits per heavy atom. The summed E-state index contributed by atoms with van der Waals surface area (Å²) in [6.45, 7) is 4.34. The van der Waals surface area contributed by atoms with Crippen molar-refractivity contribution in [3.8, 4) is 23.1 Å². The molecule has 1 aromatic carbocycles. The zero-order valence-corrected chi connectivity index (χ0v) is 21.0. The highest BCUT2D eigenvalue weighted by Crippen LogP contribution is 2.41. The van der Waals surface area contributed by atoms with Crippen LogP contribution in [0.5, 0.6) is 0 Å². The van der Waals surface area contributed by atoms with Gasteiger partial charge in [0.05, 0.1) is 0 Å². The third kappa shape index (κ3) is 3.93. The van der Waals surface area contributed by atoms with Crippen LogP contribution in [0, 0.1) is 18.8 Å². The summed E-state index contributed by atoms with van der Waals surface area (Å²) in [5.74, 6) is 6.49. The van der Waals surface area contributed by atoms with Crippen molar-refractivity contribution >= 4 is 29.0 Å². The van der Waals surface area contributed by atoms with Gasteiger partial charge in [-0.3, -0.25) is 14.0 Å². The van der Waals surface area contributed by atoms with Crippen LogP contribution in [0.25, 0.3) is 16.8 Å². The molecule has 10 nitrogen and oxygen atoms in total. The monoisotopic (exact) mass is 506 g/mol. The van der Waals surface area contributed by atoms with Crippen LogP contribution in [0.4, 0.5) is 11.6 Å². The van der Waals surface area contributed by atoms with Gasteiger partial charge in [0, 0.05) is 48.3 Å². The van der Waals surface area contributed by atoms with Gasteiger partial charge in [-0.05, 0) is 56.0 Å². The van der Waals surface area contributed by atoms with E-state index >= 15 is 0 Å². The maximum absolute atomic E-state index is 13.0. The van der Waals surface area contributed by atoms with Gasteiger partial charge in [-0.2, -0.15) is 0 Å². The SMILES string of the molecule is CC#CC(=O)N1C2CN[C@@H](C2)C1c1nc(-c2ccc(C(=O)Nc3cc(C)ccn3)cc2)c2c(N)nccn12. The largest absolute Gasteiger partial charge is 0.382 e. The first-order valence-electron chi connectivity index (χ1n) is 12.4. The number of anilines is 2. The average molecular weight is 507 g/mol. The van der Waals surface area contributed by atoms with E-state index < -0.39 is 0 Å². The fourth-order valence-electron chi connectivity index (χ4n) is 5.46. The lowest BCUT2D eigenvalue weighted by atomic mass is 10.1. The number of nitrogens with one attached hydrogen (secondary N) is 2. The quantitative estimate of drug-likeness (QED) is 0.363. The molecule has 2 unspecified atom stereocenters. The number of carbonyl (C=O) groups excluding carboxylic acids is 2. The van der Waals surface area contributed by atoms with Crippen LogP contribution in [-0.2, 0) is 4.79 Å². The van der Waals surface area contributed by atoms with Crippen molar-refractivity contribution in [2.45, 2.75) is 38.4 Å². The maximum atomic E-state index is 13.0. The highest BCUT2D eigenvalue weighted by molar-refractivity contribution is 6.04. The van der Waals surface area contributed by atoms with Crippen molar-refractivity contribution in [3.63, 3.8) is 0 Å². The molecule has 2 aliphatic heterocycles. The van der Waals surface area contributed by atoms with Gasteiger partial charge in [0.1, 0.15) is 34.7 Å². The Morgan fingerprint density at radius 2 is 1.97 bits per heavy atom. The van der Waals surface area contributed by atoms with Crippen molar-refractivity contribution in [1.82, 2.24) is 29.6 Å². The molecule has 38 heavy (non-hydrogen) atoms. The molecule has 2 aliphatic rings. The fourth-order valence-corrected chi connectivity index (χ4v) is 5.46. The van der Waals surface area contributed by atoms with Gasteiger partial charge < -0.3 is 21.3 Å². The second-order valence-electron chi connectivity index (χ2n) is 9.54. The molecular weight excluding hydrogens is 480 g/mol. The number of aromatic nitrogens is 4. The van der Waals surface area contributed by atoms with E-state index in [1.165, 1.54) is 0 Å². The van der Waals surface area contributed by atoms with E-state index in [-0.39, 0.29) is 29.9 Å². The Hall–Kier alpha value is -4.75. The summed E-state index contributed by atoms with van der Waals surface area (Å²) in [5, 5.41) is 6.34. The Balaban J connectivity index is 1.37. The molecule has 5 heterocycles. The third-order valence-electron chi connectivity index (χ3n) is 7.13. The summed E-state index contributed by atoms with van der Waals surface area (Å²) in [5.41, 5.74) is 9.90. The second-order valence-corrected chi connectivity index (χ2v) is 9.54. The van der Waals surface area contributed by atoms with E-state index in [0.29, 0.717) is 34.2 Å². The number of hydrogen-bond donors (Lipinski definition) is 3. The smallest absolute Gasteiger partial charge is 0.299 e. The lowest BCUT2D eigenvalue weighted by Gasteiger charge is -2.33. The molecule has 2 amide bonds. The predicted octanol–water partition coefficient (Wildman–Crippen LogP) is 2.57. The molecule has 2 fully saturated rings. The van der Waals surface area contributed by atoms with E-state index in [4.69, 9.17) is 10.7 Å². The van der Waals surface area contributed by atoms with Crippen LogP contribution in [-0.4, -0.2) is 54.7 Å². The number of pyridine rings is 1. The van der Waals surface area contributed by atoms with Crippen LogP contribution < -0.4 is 16.4 Å². The van der Waals surface area contributed by atoms with Crippen LogP contribution in [0.2, 0.25) is 0 Å². The Bertz CT molecular complexity index is 1630. The lowest BCUT2D eigenvalue weighted by Crippen LogP contribution is -2.49. The first-order valence-corrected chi connectivity index (χ1v) is 12.4. The standard InChI is InChI=1S/C28H26N8O2/c1-3-4-22(37)36-19-14-20(32-15-19)24(36)27-34-23(25-26(29)31-11-12-35(25)27)17-5-7-18(8-6-17)28(38)33-21-13-16(2)9-10-30-21/h5-13,19-20,24,32H,14-15H2,1-2H3,(H2,29,31)(H,30,33,38)/t19?,20-,24?/m0/s1. The van der Waals surface area contributed by atoms with Crippen molar-refractivity contribution in [3.05, 3.63) is 71.9 Å². The van der Waals surface area contributed by atoms with Crippen molar-refractivity contribution in [1.29, 1.82) is 0 Å². The minimum absolute atomic E-state index is 0.0639. The Morgan fingerprint density at radius 1 is 1.16 bits per heavy atom. The number of piperazine rings is 1. The van der Waals surface area contributed by atoms with E-state index in [1.807, 2.05) is 46.7 Å². The number of fused-ring (bicyclic) bond motifs is 3. The minimum Gasteiger partial charge on any atom is -0.382 e. The minimum atomic E-state index is -0.294. The second kappa shape index (κ2) is 9.28. The number of nitrogen functional groups attached to an aromatic ring is 1. The molecule has 10 heteroatoms. The average Bonchev–Trinajstić information content (AvgIpc) is 3.63. The molecule has 0 aliphatic carbocycles. The molecule has 190 valence electrons. The van der Waals surface area contributed by atoms with Gasteiger partial charge in [-0.25, -0.2) is 15.0 Å². The number of benzene rings is 1. The highest BCUT2D eigenvalue weighted by Gasteiger charge is 2.50. The maximum Gasteiger partial charge on any atom is 0.299 e. The predicted molar refractivity (Wildman–Crippen MR) is 143 cm³/mol. The molecule has 0 spiro atoms. The van der Waals surface area contributed by atoms with E-state index in [9.17, 15) is 9.59 Å². The van der Waals surface area contributed by atoms with Crippen LogP contribution in [0.15, 0.2) is 55.0 Å². The summed E-state index contributed by atoms with van der Waals surface area (Å²) < 4.78 is 1.91. The number of likely N-dealkylation sites (tertiary alicyclic amines) is 1. The van der Waals surface area contributed by atoms with E-state index in [2.05, 4.69) is 32.4 Å². The fraction of sp³-hybridized carbons (Fsp3) is 0.250. The van der Waals surface area contributed by atoms with Gasteiger partial charge in [0.15, 0.2) is 0 Å². The van der Waals surface area contributed by atoms with Crippen LogP contribution in [0.3, 0.4) is 0 Å². The van der Waals surface area contributed by atoms with Gasteiger partial charge in [-0.1, -0.05) is 18.1 Å². The number of carbonyl (C=O) groups is 2. The van der Waals surface area contributed by atoms with Crippen LogP contribution >= 0.6 is 0 Å². The number of nitrogens with two attached hydrogens (primary N) is 1. The molecule has 2 saturated heterocycles. The molecule has 0 radical (unpaired) electrons. The third-order valence-corrected chi connectivity index (χ3v) is 7.13. The van der Waals surface area contributed by atoms with E-state index in [1.54, 1.807) is 31.5 Å². The van der Waals surface area contributed by atoms with Gasteiger partial charge in [0.2, 0.25) is 0 Å². The summed E-state index contributed by atoms with van der Waals surface area (Å²) >= 11 is 0. The van der Waals surface area contributed by atoms with Crippen molar-refractivity contribution < 1.29 is 9.59 Å². The molecule has 2 bridgehead atoms. The number of hydrogen-bond acceptors (Lipinski definition) is 7. The normalized spacial score (nSPS) is 19.8. The summed E-state index contributed by atoms with van der Waals surface area (Å²) in [7, 11) is 0.